The molecule has 15 heavy (non-hydrogen) atoms. The Morgan fingerprint density at radius 2 is 2.27 bits per heavy atom. The van der Waals surface area contributed by atoms with E-state index >= 15 is 0 Å². The third-order valence-corrected chi connectivity index (χ3v) is 2.72. The fourth-order valence-corrected chi connectivity index (χ4v) is 1.86. The molecule has 2 heterocycles. The Hall–Kier alpha value is -1.13. The molecule has 0 unspecified atom stereocenters. The third-order valence-electron chi connectivity index (χ3n) is 2.72. The smallest absolute Gasteiger partial charge is 0.131 e. The van der Waals surface area contributed by atoms with Crippen LogP contribution < -0.4 is 10.2 Å². The van der Waals surface area contributed by atoms with Crippen molar-refractivity contribution in [3.8, 4) is 0 Å². The van der Waals surface area contributed by atoms with Crippen LogP contribution in [0.1, 0.15) is 5.56 Å². The second-order valence-corrected chi connectivity index (χ2v) is 4.39. The molecule has 82 valence electrons. The maximum absolute atomic E-state index is 10.1. The van der Waals surface area contributed by atoms with Gasteiger partial charge in [-0.3, -0.25) is 0 Å². The van der Waals surface area contributed by atoms with Gasteiger partial charge < -0.3 is 15.3 Å². The largest absolute Gasteiger partial charge is 0.387 e. The number of hydrogen-bond donors (Lipinski definition) is 2. The molecule has 1 saturated heterocycles. The van der Waals surface area contributed by atoms with Crippen molar-refractivity contribution in [1.82, 2.24) is 10.3 Å². The lowest BCUT2D eigenvalue weighted by Gasteiger charge is -2.38. The number of hydrogen-bond acceptors (Lipinski definition) is 4. The zero-order valence-electron chi connectivity index (χ0n) is 9.20. The lowest BCUT2D eigenvalue weighted by atomic mass is 9.89. The Morgan fingerprint density at radius 1 is 1.53 bits per heavy atom. The summed E-state index contributed by atoms with van der Waals surface area (Å²) >= 11 is 0. The highest BCUT2D eigenvalue weighted by Gasteiger charge is 2.35. The highest BCUT2D eigenvalue weighted by Crippen LogP contribution is 2.23. The van der Waals surface area contributed by atoms with Crippen LogP contribution in [-0.4, -0.2) is 42.9 Å². The molecule has 0 aliphatic carbocycles. The van der Waals surface area contributed by atoms with Gasteiger partial charge in [0.1, 0.15) is 5.82 Å². The molecule has 1 aromatic rings. The zero-order chi connectivity index (χ0) is 10.9. The number of β-amino-alcohol motifs (C(OH)–C–C–N with tert-alkyl or cyclic N) is 1. The lowest BCUT2D eigenvalue weighted by molar-refractivity contribution is -0.00898. The van der Waals surface area contributed by atoms with E-state index in [9.17, 15) is 5.11 Å². The first-order valence-corrected chi connectivity index (χ1v) is 5.15. The average molecular weight is 207 g/mol. The van der Waals surface area contributed by atoms with E-state index in [1.165, 1.54) is 0 Å². The molecule has 0 spiro atoms. The van der Waals surface area contributed by atoms with Crippen molar-refractivity contribution in [3.05, 3.63) is 23.9 Å². The van der Waals surface area contributed by atoms with Crippen molar-refractivity contribution in [1.29, 1.82) is 0 Å². The summed E-state index contributed by atoms with van der Waals surface area (Å²) in [6, 6.07) is 3.94. The monoisotopic (exact) mass is 207 g/mol. The number of nitrogens with one attached hydrogen (secondary N) is 1. The van der Waals surface area contributed by atoms with Crippen LogP contribution >= 0.6 is 0 Å². The van der Waals surface area contributed by atoms with E-state index < -0.39 is 5.60 Å². The van der Waals surface area contributed by atoms with Crippen LogP contribution in [0.3, 0.4) is 0 Å². The van der Waals surface area contributed by atoms with Crippen molar-refractivity contribution in [3.63, 3.8) is 0 Å². The molecule has 0 amide bonds. The Bertz CT molecular complexity index is 347. The first kappa shape index (κ1) is 10.4. The molecule has 4 nitrogen and oxygen atoms in total. The predicted octanol–water partition coefficient (Wildman–Crippen LogP) is 0.0244. The molecule has 2 N–H and O–H groups in total. The van der Waals surface area contributed by atoms with Crippen molar-refractivity contribution >= 4 is 5.82 Å². The maximum Gasteiger partial charge on any atom is 0.131 e. The highest BCUT2D eigenvalue weighted by molar-refractivity contribution is 5.46. The van der Waals surface area contributed by atoms with Gasteiger partial charge in [-0.2, -0.15) is 0 Å². The van der Waals surface area contributed by atoms with Crippen LogP contribution in [-0.2, 0) is 6.42 Å². The second-order valence-electron chi connectivity index (χ2n) is 4.39. The summed E-state index contributed by atoms with van der Waals surface area (Å²) in [5, 5.41) is 13.1. The van der Waals surface area contributed by atoms with Gasteiger partial charge in [0.05, 0.1) is 5.60 Å². The second kappa shape index (κ2) is 3.79. The molecule has 1 aromatic heterocycles. The minimum atomic E-state index is -0.576. The van der Waals surface area contributed by atoms with Crippen LogP contribution in [0.2, 0.25) is 0 Å². The molecule has 0 aromatic carbocycles. The average Bonchev–Trinajstić information content (AvgIpc) is 2.16. The molecule has 2 rings (SSSR count). The van der Waals surface area contributed by atoms with E-state index in [2.05, 4.69) is 10.3 Å². The summed E-state index contributed by atoms with van der Waals surface area (Å²) in [5.74, 6) is 0.942. The van der Waals surface area contributed by atoms with Crippen LogP contribution in [0.15, 0.2) is 18.3 Å². The first-order valence-electron chi connectivity index (χ1n) is 5.15. The minimum absolute atomic E-state index is 0.576. The summed E-state index contributed by atoms with van der Waals surface area (Å²) < 4.78 is 0. The fourth-order valence-electron chi connectivity index (χ4n) is 1.86. The van der Waals surface area contributed by atoms with Gasteiger partial charge in [0, 0.05) is 39.8 Å². The van der Waals surface area contributed by atoms with Crippen molar-refractivity contribution < 1.29 is 5.11 Å². The van der Waals surface area contributed by atoms with Gasteiger partial charge in [-0.05, 0) is 11.6 Å². The number of pyridine rings is 1. The Kier molecular flexibility index (Phi) is 2.63. The normalized spacial score (nSPS) is 18.3. The molecular weight excluding hydrogens is 190 g/mol. The molecule has 1 aliphatic heterocycles. The van der Waals surface area contributed by atoms with Crippen molar-refractivity contribution in [2.45, 2.75) is 12.0 Å². The zero-order valence-corrected chi connectivity index (χ0v) is 9.20. The predicted molar refractivity (Wildman–Crippen MR) is 60.1 cm³/mol. The van der Waals surface area contributed by atoms with E-state index in [1.807, 2.05) is 31.1 Å². The Morgan fingerprint density at radius 3 is 2.80 bits per heavy atom. The summed E-state index contributed by atoms with van der Waals surface area (Å²) in [7, 11) is 3.93. The van der Waals surface area contributed by atoms with Gasteiger partial charge in [0.2, 0.25) is 0 Å². The molecular formula is C11H17N3O. The van der Waals surface area contributed by atoms with E-state index in [4.69, 9.17) is 0 Å². The van der Waals surface area contributed by atoms with Gasteiger partial charge in [-0.25, -0.2) is 4.98 Å². The Labute approximate surface area is 89.9 Å². The summed E-state index contributed by atoms with van der Waals surface area (Å²) in [5.41, 5.74) is 0.528. The molecule has 0 bridgehead atoms. The third kappa shape index (κ3) is 2.11. The highest BCUT2D eigenvalue weighted by atomic mass is 16.3. The maximum atomic E-state index is 10.1. The van der Waals surface area contributed by atoms with Crippen LogP contribution in [0.5, 0.6) is 0 Å². The number of aliphatic hydroxyl groups is 1. The summed E-state index contributed by atoms with van der Waals surface area (Å²) in [4.78, 5) is 6.29. The van der Waals surface area contributed by atoms with Crippen LogP contribution in [0, 0.1) is 0 Å². The van der Waals surface area contributed by atoms with E-state index in [1.54, 1.807) is 6.20 Å². The van der Waals surface area contributed by atoms with Gasteiger partial charge in [-0.15, -0.1) is 0 Å². The Balaban J connectivity index is 2.20. The number of rotatable bonds is 3. The van der Waals surface area contributed by atoms with Gasteiger partial charge in [0.25, 0.3) is 0 Å². The summed E-state index contributed by atoms with van der Waals surface area (Å²) in [6.45, 7) is 1.35. The van der Waals surface area contributed by atoms with E-state index in [-0.39, 0.29) is 0 Å². The molecule has 1 fully saturated rings. The van der Waals surface area contributed by atoms with Gasteiger partial charge in [0.15, 0.2) is 0 Å². The first-order chi connectivity index (χ1) is 7.11. The van der Waals surface area contributed by atoms with Crippen LogP contribution in [0.25, 0.3) is 0 Å². The van der Waals surface area contributed by atoms with Crippen LogP contribution in [0.4, 0.5) is 5.82 Å². The molecule has 4 heteroatoms. The SMILES string of the molecule is CN(C)c1ncccc1CC1(O)CNC1. The minimum Gasteiger partial charge on any atom is -0.387 e. The topological polar surface area (TPSA) is 48.4 Å². The van der Waals surface area contributed by atoms with E-state index in [0.717, 1.165) is 11.4 Å². The lowest BCUT2D eigenvalue weighted by Crippen LogP contribution is -2.60. The summed E-state index contributed by atoms with van der Waals surface area (Å²) in [6.07, 6.45) is 2.45. The van der Waals surface area contributed by atoms with Gasteiger partial charge in [-0.1, -0.05) is 6.07 Å². The molecule has 0 radical (unpaired) electrons. The molecule has 0 saturated carbocycles. The van der Waals surface area contributed by atoms with Crippen molar-refractivity contribution in [2.24, 2.45) is 0 Å². The molecule has 0 atom stereocenters. The van der Waals surface area contributed by atoms with E-state index in [0.29, 0.717) is 19.5 Å². The quantitative estimate of drug-likeness (QED) is 0.734. The fraction of sp³-hybridized carbons (Fsp3) is 0.545. The number of anilines is 1. The number of nitrogens with zero attached hydrogens (tertiary/aromatic N) is 2. The van der Waals surface area contributed by atoms with Crippen molar-refractivity contribution in [2.75, 3.05) is 32.1 Å². The standard InChI is InChI=1S/C11H17N3O/c1-14(2)10-9(4-3-5-13-10)6-11(15)7-12-8-11/h3-5,12,15H,6-8H2,1-2H3. The van der Waals surface area contributed by atoms with Gasteiger partial charge >= 0.3 is 0 Å². The molecule has 1 aliphatic rings. The number of aromatic nitrogens is 1.